The van der Waals surface area contributed by atoms with E-state index in [1.54, 1.807) is 11.8 Å². The van der Waals surface area contributed by atoms with Gasteiger partial charge < -0.3 is 11.5 Å². The lowest BCUT2D eigenvalue weighted by atomic mass is 10.0. The van der Waals surface area contributed by atoms with Crippen molar-refractivity contribution < 1.29 is 0 Å². The van der Waals surface area contributed by atoms with Crippen molar-refractivity contribution in [1.29, 1.82) is 0 Å². The highest BCUT2D eigenvalue weighted by molar-refractivity contribution is 7.99. The molecule has 2 aromatic carbocycles. The number of aryl methyl sites for hydroxylation is 2. The van der Waals surface area contributed by atoms with Gasteiger partial charge in [0.1, 0.15) is 0 Å². The number of hydrogen-bond acceptors (Lipinski definition) is 7. The van der Waals surface area contributed by atoms with E-state index in [1.807, 2.05) is 0 Å². The summed E-state index contributed by atoms with van der Waals surface area (Å²) in [5.41, 5.74) is 16.9. The molecule has 0 atom stereocenters. The van der Waals surface area contributed by atoms with Crippen LogP contribution in [0.1, 0.15) is 102 Å². The summed E-state index contributed by atoms with van der Waals surface area (Å²) in [6, 6.07) is 13.6. The van der Waals surface area contributed by atoms with Crippen LogP contribution in [0.5, 0.6) is 0 Å². The van der Waals surface area contributed by atoms with Gasteiger partial charge in [-0.3, -0.25) is 4.90 Å². The number of rotatable bonds is 15. The maximum atomic E-state index is 6.02. The van der Waals surface area contributed by atoms with Gasteiger partial charge in [-0.1, -0.05) is 102 Å². The Hall–Kier alpha value is -2.80. The maximum absolute atomic E-state index is 6.02. The van der Waals surface area contributed by atoms with Crippen LogP contribution in [0, 0.1) is 0 Å². The molecular weight excluding hydrogens is 488 g/mol. The number of anilines is 5. The molecule has 0 unspecified atom stereocenters. The molecule has 0 saturated heterocycles. The van der Waals surface area contributed by atoms with Crippen LogP contribution in [-0.4, -0.2) is 15.0 Å². The predicted octanol–water partition coefficient (Wildman–Crippen LogP) is 8.78. The third kappa shape index (κ3) is 7.62. The van der Waals surface area contributed by atoms with Crippen molar-refractivity contribution in [3.8, 4) is 0 Å². The zero-order valence-electron chi connectivity index (χ0n) is 23.2. The maximum Gasteiger partial charge on any atom is 0.241 e. The van der Waals surface area contributed by atoms with E-state index in [4.69, 9.17) is 11.5 Å². The lowest BCUT2D eigenvalue weighted by Crippen LogP contribution is -2.20. The van der Waals surface area contributed by atoms with Crippen LogP contribution in [0.3, 0.4) is 0 Å². The second-order valence-corrected chi connectivity index (χ2v) is 11.5. The fraction of sp³-hybridized carbons (Fsp3) is 0.516. The third-order valence-electron chi connectivity index (χ3n) is 7.24. The molecule has 3 aromatic rings. The summed E-state index contributed by atoms with van der Waals surface area (Å²) in [5, 5.41) is 0. The van der Waals surface area contributed by atoms with Gasteiger partial charge in [0.15, 0.2) is 0 Å². The standard InChI is InChI=1S/C31H44N6S/c1-3-5-7-9-11-13-15-23-17-19-27-25(21-23)37(31-35-29(32)34-30(33)36-31)26-22-24(18-20-28(26)38-27)16-14-12-10-8-6-4-2/h17-22H,3-16H2,1-2H3,(H4,32,33,34,35,36). The summed E-state index contributed by atoms with van der Waals surface area (Å²) in [5.74, 6) is 0.756. The normalized spacial score (nSPS) is 12.4. The van der Waals surface area contributed by atoms with Crippen molar-refractivity contribution in [2.75, 3.05) is 16.4 Å². The highest BCUT2D eigenvalue weighted by Gasteiger charge is 2.28. The number of aromatic nitrogens is 3. The summed E-state index contributed by atoms with van der Waals surface area (Å²) in [7, 11) is 0. The number of nitrogens with two attached hydrogens (primary N) is 2. The highest BCUT2D eigenvalue weighted by Crippen LogP contribution is 2.51. The number of hydrogen-bond donors (Lipinski definition) is 2. The van der Waals surface area contributed by atoms with Gasteiger partial charge in [0, 0.05) is 9.79 Å². The van der Waals surface area contributed by atoms with E-state index in [9.17, 15) is 0 Å². The SMILES string of the molecule is CCCCCCCCc1ccc2c(c1)N(c1nc(N)nc(N)n1)c1cc(CCCCCCCC)ccc1S2. The smallest absolute Gasteiger partial charge is 0.241 e. The van der Waals surface area contributed by atoms with Gasteiger partial charge in [0.25, 0.3) is 0 Å². The Kier molecular flexibility index (Phi) is 10.7. The first-order valence-electron chi connectivity index (χ1n) is 14.6. The zero-order chi connectivity index (χ0) is 26.7. The Balaban J connectivity index is 1.58. The molecule has 0 spiro atoms. The Labute approximate surface area is 233 Å². The molecule has 204 valence electrons. The van der Waals surface area contributed by atoms with Crippen LogP contribution in [-0.2, 0) is 12.8 Å². The lowest BCUT2D eigenvalue weighted by molar-refractivity contribution is 0.607. The van der Waals surface area contributed by atoms with Crippen LogP contribution in [0.25, 0.3) is 0 Å². The minimum absolute atomic E-state index is 0.139. The number of fused-ring (bicyclic) bond motifs is 2. The molecule has 6 nitrogen and oxygen atoms in total. The second-order valence-electron chi connectivity index (χ2n) is 10.4. The first-order valence-corrected chi connectivity index (χ1v) is 15.4. The average Bonchev–Trinajstić information content (AvgIpc) is 2.90. The number of nitrogens with zero attached hydrogens (tertiary/aromatic N) is 4. The molecule has 7 heteroatoms. The first kappa shape index (κ1) is 28.2. The molecule has 0 amide bonds. The van der Waals surface area contributed by atoms with Gasteiger partial charge in [0.2, 0.25) is 17.8 Å². The topological polar surface area (TPSA) is 94.0 Å². The quantitative estimate of drug-likeness (QED) is 0.148. The van der Waals surface area contributed by atoms with E-state index in [2.05, 4.69) is 70.1 Å². The van der Waals surface area contributed by atoms with Crippen LogP contribution in [0.4, 0.5) is 29.2 Å². The molecule has 1 aliphatic heterocycles. The number of unbranched alkanes of at least 4 members (excludes halogenated alkanes) is 10. The molecule has 4 rings (SSSR count). The van der Waals surface area contributed by atoms with Gasteiger partial charge in [-0.25, -0.2) is 0 Å². The Morgan fingerprint density at radius 2 is 1.05 bits per heavy atom. The molecule has 1 aromatic heterocycles. The lowest BCUT2D eigenvalue weighted by Gasteiger charge is -2.32. The van der Waals surface area contributed by atoms with E-state index in [-0.39, 0.29) is 11.9 Å². The summed E-state index contributed by atoms with van der Waals surface area (Å²) < 4.78 is 0. The summed E-state index contributed by atoms with van der Waals surface area (Å²) in [6.45, 7) is 4.53. The van der Waals surface area contributed by atoms with E-state index >= 15 is 0 Å². The fourth-order valence-electron chi connectivity index (χ4n) is 5.14. The monoisotopic (exact) mass is 532 g/mol. The van der Waals surface area contributed by atoms with E-state index < -0.39 is 0 Å². The van der Waals surface area contributed by atoms with Gasteiger partial charge in [-0.05, 0) is 61.1 Å². The molecule has 38 heavy (non-hydrogen) atoms. The van der Waals surface area contributed by atoms with Crippen LogP contribution >= 0.6 is 11.8 Å². The van der Waals surface area contributed by atoms with Crippen LogP contribution < -0.4 is 16.4 Å². The Bertz CT molecular complexity index is 1100. The molecule has 0 radical (unpaired) electrons. The van der Waals surface area contributed by atoms with Crippen LogP contribution in [0.15, 0.2) is 46.2 Å². The van der Waals surface area contributed by atoms with Crippen molar-refractivity contribution in [3.05, 3.63) is 47.5 Å². The minimum Gasteiger partial charge on any atom is -0.368 e. The summed E-state index contributed by atoms with van der Waals surface area (Å²) in [6.07, 6.45) is 17.7. The molecular formula is C31H44N6S. The molecule has 2 heterocycles. The Morgan fingerprint density at radius 1 is 0.605 bits per heavy atom. The van der Waals surface area contributed by atoms with E-state index in [0.29, 0.717) is 5.95 Å². The van der Waals surface area contributed by atoms with Gasteiger partial charge >= 0.3 is 0 Å². The third-order valence-corrected chi connectivity index (χ3v) is 8.37. The van der Waals surface area contributed by atoms with Crippen molar-refractivity contribution in [1.82, 2.24) is 15.0 Å². The van der Waals surface area contributed by atoms with Gasteiger partial charge in [-0.15, -0.1) is 0 Å². The van der Waals surface area contributed by atoms with Gasteiger partial charge in [-0.2, -0.15) is 15.0 Å². The molecule has 0 bridgehead atoms. The van der Waals surface area contributed by atoms with Crippen molar-refractivity contribution >= 4 is 41.0 Å². The predicted molar refractivity (Wildman–Crippen MR) is 162 cm³/mol. The minimum atomic E-state index is 0.139. The molecule has 0 saturated carbocycles. The molecule has 0 aliphatic carbocycles. The van der Waals surface area contributed by atoms with Crippen molar-refractivity contribution in [3.63, 3.8) is 0 Å². The molecule has 4 N–H and O–H groups in total. The largest absolute Gasteiger partial charge is 0.368 e. The van der Waals surface area contributed by atoms with E-state index in [1.165, 1.54) is 98.0 Å². The average molecular weight is 533 g/mol. The summed E-state index contributed by atoms with van der Waals surface area (Å²) in [4.78, 5) is 17.6. The number of benzene rings is 2. The number of nitrogen functional groups attached to an aromatic ring is 2. The van der Waals surface area contributed by atoms with Gasteiger partial charge in [0.05, 0.1) is 11.4 Å². The fourth-order valence-corrected chi connectivity index (χ4v) is 6.16. The molecule has 1 aliphatic rings. The first-order chi connectivity index (χ1) is 18.6. The Morgan fingerprint density at radius 3 is 1.53 bits per heavy atom. The van der Waals surface area contributed by atoms with Crippen LogP contribution in [0.2, 0.25) is 0 Å². The van der Waals surface area contributed by atoms with Crippen molar-refractivity contribution in [2.24, 2.45) is 0 Å². The molecule has 0 fully saturated rings. The summed E-state index contributed by atoms with van der Waals surface area (Å²) >= 11 is 1.81. The van der Waals surface area contributed by atoms with E-state index in [0.717, 1.165) is 24.2 Å². The highest BCUT2D eigenvalue weighted by atomic mass is 32.2. The second kappa shape index (κ2) is 14.4. The zero-order valence-corrected chi connectivity index (χ0v) is 24.0. The van der Waals surface area contributed by atoms with Crippen molar-refractivity contribution in [2.45, 2.75) is 114 Å².